The Morgan fingerprint density at radius 2 is 1.43 bits per heavy atom. The summed E-state index contributed by atoms with van der Waals surface area (Å²) in [6.45, 7) is 12.7. The summed E-state index contributed by atoms with van der Waals surface area (Å²) in [7, 11) is -2.12. The largest absolute Gasteiger partial charge is 0.461 e. The number of rotatable bonds is 12. The molecule has 3 N–H and O–H groups in total. The van der Waals surface area contributed by atoms with Crippen LogP contribution in [-0.4, -0.2) is 58.2 Å². The minimum Gasteiger partial charge on any atom is -0.461 e. The van der Waals surface area contributed by atoms with Crippen LogP contribution in [0.1, 0.15) is 95.0 Å². The van der Waals surface area contributed by atoms with Crippen molar-refractivity contribution in [2.45, 2.75) is 115 Å². The molecule has 9 heteroatoms. The molecular weight excluding hydrogens is 822 g/mol. The number of hydrogen-bond acceptors (Lipinski definition) is 8. The number of benzene rings is 4. The van der Waals surface area contributed by atoms with Gasteiger partial charge in [-0.2, -0.15) is 0 Å². The lowest BCUT2D eigenvalue weighted by atomic mass is 9.43. The van der Waals surface area contributed by atoms with Crippen LogP contribution < -0.4 is 21.6 Å². The third kappa shape index (κ3) is 8.39. The second kappa shape index (κ2) is 18.4. The molecule has 4 fully saturated rings. The summed E-state index contributed by atoms with van der Waals surface area (Å²) in [5.41, 5.74) is 6.46. The van der Waals surface area contributed by atoms with Gasteiger partial charge in [0.25, 0.3) is 0 Å². The van der Waals surface area contributed by atoms with Crippen molar-refractivity contribution in [1.29, 1.82) is 0 Å². The normalized spacial score (nSPS) is 33.0. The van der Waals surface area contributed by atoms with Crippen molar-refractivity contribution in [2.24, 2.45) is 39.7 Å². The molecule has 0 aromatic heterocycles. The predicted molar refractivity (Wildman–Crippen MR) is 257 cm³/mol. The van der Waals surface area contributed by atoms with Gasteiger partial charge in [0.1, 0.15) is 41.2 Å². The fourth-order valence-electron chi connectivity index (χ4n) is 12.5. The second-order valence-electron chi connectivity index (χ2n) is 19.6. The molecule has 0 saturated heterocycles. The minimum absolute atomic E-state index is 0.0776. The first-order chi connectivity index (χ1) is 30.2. The fourth-order valence-corrected chi connectivity index (χ4v) is 17.8. The number of ether oxygens (including phenoxy) is 2. The Morgan fingerprint density at radius 3 is 2.00 bits per heavy atom. The summed E-state index contributed by atoms with van der Waals surface area (Å²) in [5, 5.41) is 15.7. The highest BCUT2D eigenvalue weighted by atomic mass is 32.2. The number of nitrogens with two attached hydrogens (primary N) is 1. The summed E-state index contributed by atoms with van der Waals surface area (Å²) in [6, 6.07) is 40.0. The van der Waals surface area contributed by atoms with Crippen molar-refractivity contribution in [3.63, 3.8) is 0 Å². The topological polar surface area (TPSA) is 116 Å². The standard InChI is InChI=1S/C54H65NO6PS/c1-6-52(4)33-47(53(5)30-28-36(2)54(37(3)50(52)58)31-29-44(56)49(53)54)61-48(57)35-63-46-27-26-40(55)32-45(46)60-51(59)39-24-22-38(23-25-39)34-62(41-16-10-7-11-17-41,42-18-12-8-13-19-42)43-20-14-9-15-21-43/h6-25,36-37,40,45-47,49-50,58H,1,26-35,55H2,2-5H3/q+1/t36-,37+,40-,45-,46-,47-,49+,50+,52-,53+,54+/m1/s1. The van der Waals surface area contributed by atoms with Gasteiger partial charge in [0, 0.05) is 40.9 Å². The summed E-state index contributed by atoms with van der Waals surface area (Å²) in [6.07, 6.45) is 6.18. The van der Waals surface area contributed by atoms with Crippen LogP contribution in [-0.2, 0) is 25.2 Å². The number of ketones is 1. The molecule has 4 aromatic rings. The van der Waals surface area contributed by atoms with Crippen molar-refractivity contribution in [3.05, 3.63) is 139 Å². The number of aliphatic hydroxyl groups is 1. The van der Waals surface area contributed by atoms with E-state index in [1.54, 1.807) is 0 Å². The van der Waals surface area contributed by atoms with Crippen LogP contribution in [0.2, 0.25) is 0 Å². The molecule has 0 heterocycles. The Hall–Kier alpha value is -4.07. The van der Waals surface area contributed by atoms with Gasteiger partial charge >= 0.3 is 11.9 Å². The van der Waals surface area contributed by atoms with E-state index in [-0.39, 0.29) is 52.0 Å². The molecule has 0 amide bonds. The van der Waals surface area contributed by atoms with Crippen molar-refractivity contribution in [2.75, 3.05) is 5.75 Å². The number of Topliss-reactive ketones (excluding diaryl/α,β-unsaturated/α-hetero) is 1. The average Bonchev–Trinajstić information content (AvgIpc) is 3.68. The average molecular weight is 887 g/mol. The third-order valence-electron chi connectivity index (χ3n) is 16.1. The molecule has 2 bridgehead atoms. The SMILES string of the molecule is C=C[C@]1(C)C[C@@H](OC(=O)CS[C@@H]2CC[C@@H](N)C[C@H]2OC(=O)c2ccc(C[P+](c3ccccc3)(c3ccccc3)c3ccccc3)cc2)[C@]2(C)CC[C@@H](C)[C@@]3(CCC(=O)[C@@H]23)[C@@H](C)[C@@H]1O. The van der Waals surface area contributed by atoms with Gasteiger partial charge in [0.15, 0.2) is 0 Å². The molecule has 7 nitrogen and oxygen atoms in total. The molecule has 8 rings (SSSR count). The molecule has 11 atom stereocenters. The maximum Gasteiger partial charge on any atom is 0.338 e. The highest BCUT2D eigenvalue weighted by Gasteiger charge is 2.68. The van der Waals surface area contributed by atoms with Crippen LogP contribution in [0.4, 0.5) is 0 Å². The quantitative estimate of drug-likeness (QED) is 0.0823. The van der Waals surface area contributed by atoms with E-state index in [9.17, 15) is 19.5 Å². The summed E-state index contributed by atoms with van der Waals surface area (Å²) in [5.74, 6) is -0.564. The first kappa shape index (κ1) is 45.5. The van der Waals surface area contributed by atoms with E-state index >= 15 is 0 Å². The van der Waals surface area contributed by atoms with Crippen molar-refractivity contribution in [1.82, 2.24) is 0 Å². The van der Waals surface area contributed by atoms with Crippen LogP contribution in [0.5, 0.6) is 0 Å². The highest BCUT2D eigenvalue weighted by Crippen LogP contribution is 2.68. The monoisotopic (exact) mass is 886 g/mol. The van der Waals surface area contributed by atoms with E-state index in [0.717, 1.165) is 37.4 Å². The number of hydrogen-bond donors (Lipinski definition) is 2. The summed E-state index contributed by atoms with van der Waals surface area (Å²) < 4.78 is 12.8. The van der Waals surface area contributed by atoms with Gasteiger partial charge in [-0.3, -0.25) is 9.59 Å². The number of aliphatic hydroxyl groups excluding tert-OH is 1. The second-order valence-corrected chi connectivity index (χ2v) is 24.3. The third-order valence-corrected chi connectivity index (χ3v) is 21.8. The van der Waals surface area contributed by atoms with E-state index in [1.165, 1.54) is 27.7 Å². The Balaban J connectivity index is 0.971. The van der Waals surface area contributed by atoms with Crippen molar-refractivity contribution in [3.8, 4) is 0 Å². The van der Waals surface area contributed by atoms with E-state index in [0.29, 0.717) is 31.2 Å². The van der Waals surface area contributed by atoms with Gasteiger partial charge in [0.05, 0.1) is 23.6 Å². The molecule has 4 aliphatic carbocycles. The van der Waals surface area contributed by atoms with E-state index in [1.807, 2.05) is 25.1 Å². The Morgan fingerprint density at radius 1 is 0.841 bits per heavy atom. The molecule has 4 aromatic carbocycles. The summed E-state index contributed by atoms with van der Waals surface area (Å²) in [4.78, 5) is 41.8. The number of esters is 2. The highest BCUT2D eigenvalue weighted by molar-refractivity contribution is 8.00. The summed E-state index contributed by atoms with van der Waals surface area (Å²) >= 11 is 1.46. The van der Waals surface area contributed by atoms with Crippen LogP contribution in [0.3, 0.4) is 0 Å². The Labute approximate surface area is 379 Å². The molecule has 0 radical (unpaired) electrons. The zero-order valence-corrected chi connectivity index (χ0v) is 39.1. The number of carbonyl (C=O) groups is 3. The maximum absolute atomic E-state index is 14.0. The Bertz CT molecular complexity index is 2160. The predicted octanol–water partition coefficient (Wildman–Crippen LogP) is 9.23. The first-order valence-electron chi connectivity index (χ1n) is 23.0. The molecular formula is C54H65NO6PS+. The lowest BCUT2D eigenvalue weighted by Crippen LogP contribution is -2.63. The van der Waals surface area contributed by atoms with Gasteiger partial charge in [-0.05, 0) is 110 Å². The van der Waals surface area contributed by atoms with E-state index < -0.39 is 42.4 Å². The zero-order chi connectivity index (χ0) is 44.6. The number of carbonyl (C=O) groups excluding carboxylic acids is 3. The fraction of sp³-hybridized carbons (Fsp3) is 0.463. The van der Waals surface area contributed by atoms with E-state index in [4.69, 9.17) is 15.2 Å². The lowest BCUT2D eigenvalue weighted by Gasteiger charge is -2.62. The van der Waals surface area contributed by atoms with Gasteiger partial charge < -0.3 is 20.3 Å². The van der Waals surface area contributed by atoms with Gasteiger partial charge in [0.2, 0.25) is 0 Å². The zero-order valence-electron chi connectivity index (χ0n) is 37.4. The molecule has 4 saturated carbocycles. The Kier molecular flexibility index (Phi) is 13.3. The molecule has 63 heavy (non-hydrogen) atoms. The molecule has 332 valence electrons. The molecule has 4 aliphatic rings. The van der Waals surface area contributed by atoms with E-state index in [2.05, 4.69) is 130 Å². The number of thioether (sulfide) groups is 1. The van der Waals surface area contributed by atoms with Gasteiger partial charge in [-0.15, -0.1) is 18.3 Å². The minimum atomic E-state index is -2.12. The van der Waals surface area contributed by atoms with Crippen LogP contribution in [0, 0.1) is 34.0 Å². The van der Waals surface area contributed by atoms with Crippen LogP contribution >= 0.6 is 19.0 Å². The van der Waals surface area contributed by atoms with Crippen molar-refractivity contribution >= 4 is 52.7 Å². The van der Waals surface area contributed by atoms with Crippen LogP contribution in [0.25, 0.3) is 0 Å². The molecule has 0 spiro atoms. The smallest absolute Gasteiger partial charge is 0.338 e. The first-order valence-corrected chi connectivity index (χ1v) is 26.0. The molecule has 0 aliphatic heterocycles. The van der Waals surface area contributed by atoms with Gasteiger partial charge in [-0.25, -0.2) is 4.79 Å². The van der Waals surface area contributed by atoms with Crippen molar-refractivity contribution < 1.29 is 29.0 Å². The maximum atomic E-state index is 14.0. The van der Waals surface area contributed by atoms with Crippen LogP contribution in [0.15, 0.2) is 128 Å². The van der Waals surface area contributed by atoms with Gasteiger partial charge in [-0.1, -0.05) is 101 Å². The lowest BCUT2D eigenvalue weighted by molar-refractivity contribution is -0.203. The molecule has 0 unspecified atom stereocenters.